The fraction of sp³-hybridized carbons (Fsp3) is 0.105. The summed E-state index contributed by atoms with van der Waals surface area (Å²) in [6.45, 7) is 0.878. The van der Waals surface area contributed by atoms with E-state index < -0.39 is 0 Å². The molecule has 0 spiro atoms. The average molecular weight is 361 g/mol. The molecular weight excluding hydrogens is 346 g/mol. The zero-order chi connectivity index (χ0) is 18.2. The van der Waals surface area contributed by atoms with Crippen molar-refractivity contribution in [3.63, 3.8) is 0 Å². The number of ether oxygens (including phenoxy) is 2. The number of benzene rings is 2. The molecule has 1 amide bonds. The molecule has 8 nitrogen and oxygen atoms in total. The van der Waals surface area contributed by atoms with Gasteiger partial charge in [0, 0.05) is 6.20 Å². The number of nitrogens with zero attached hydrogens (tertiary/aromatic N) is 2. The molecule has 1 aliphatic rings. The van der Waals surface area contributed by atoms with Crippen LogP contribution in [0.2, 0.25) is 0 Å². The van der Waals surface area contributed by atoms with Crippen LogP contribution < -0.4 is 14.8 Å². The van der Waals surface area contributed by atoms with Crippen molar-refractivity contribution in [3.05, 3.63) is 54.2 Å². The van der Waals surface area contributed by atoms with Crippen molar-refractivity contribution >= 4 is 22.6 Å². The lowest BCUT2D eigenvalue weighted by atomic mass is 10.1. The summed E-state index contributed by atoms with van der Waals surface area (Å²) in [6, 6.07) is 12.9. The Morgan fingerprint density at radius 1 is 1.07 bits per heavy atom. The highest BCUT2D eigenvalue weighted by Gasteiger charge is 2.22. The summed E-state index contributed by atoms with van der Waals surface area (Å²) in [5, 5.41) is 9.88. The van der Waals surface area contributed by atoms with Gasteiger partial charge in [0.25, 0.3) is 5.91 Å². The minimum absolute atomic E-state index is 0.309. The van der Waals surface area contributed by atoms with Crippen LogP contribution in [0.3, 0.4) is 0 Å². The third-order valence-corrected chi connectivity index (χ3v) is 4.31. The van der Waals surface area contributed by atoms with Gasteiger partial charge in [0.05, 0.1) is 22.3 Å². The summed E-state index contributed by atoms with van der Waals surface area (Å²) in [5.41, 5.74) is 3.18. The summed E-state index contributed by atoms with van der Waals surface area (Å²) >= 11 is 0. The number of H-pyrrole nitrogens is 2. The molecule has 3 N–H and O–H groups in total. The van der Waals surface area contributed by atoms with Crippen molar-refractivity contribution in [2.45, 2.75) is 0 Å². The molecule has 134 valence electrons. The van der Waals surface area contributed by atoms with Gasteiger partial charge in [-0.15, -0.1) is 0 Å². The number of hydrogen-bond donors (Lipinski definition) is 3. The Balaban J connectivity index is 1.47. The Labute approximate surface area is 153 Å². The van der Waals surface area contributed by atoms with E-state index in [1.807, 2.05) is 24.3 Å². The molecule has 0 atom stereocenters. The quantitative estimate of drug-likeness (QED) is 0.520. The normalized spacial score (nSPS) is 12.9. The first-order valence-corrected chi connectivity index (χ1v) is 8.48. The van der Waals surface area contributed by atoms with Crippen molar-refractivity contribution in [2.24, 2.45) is 0 Å². The van der Waals surface area contributed by atoms with Crippen molar-refractivity contribution in [1.29, 1.82) is 0 Å². The second kappa shape index (κ2) is 6.17. The van der Waals surface area contributed by atoms with E-state index in [-0.39, 0.29) is 5.91 Å². The molecule has 5 rings (SSSR count). The van der Waals surface area contributed by atoms with E-state index in [1.54, 1.807) is 24.4 Å². The number of amides is 1. The molecule has 8 heteroatoms. The van der Waals surface area contributed by atoms with E-state index in [0.29, 0.717) is 47.5 Å². The topological polar surface area (TPSA) is 105 Å². The highest BCUT2D eigenvalue weighted by molar-refractivity contribution is 6.08. The maximum Gasteiger partial charge on any atom is 0.259 e. The SMILES string of the molecule is O=C(Nc1c[nH]nc1-c1nc2ccccc2[nH]1)c1cccc2c1OCCO2. The number of para-hydroxylation sites is 3. The summed E-state index contributed by atoms with van der Waals surface area (Å²) in [4.78, 5) is 20.6. The predicted octanol–water partition coefficient (Wildman–Crippen LogP) is 2.98. The second-order valence-electron chi connectivity index (χ2n) is 6.03. The summed E-state index contributed by atoms with van der Waals surface area (Å²) in [6.07, 6.45) is 1.62. The van der Waals surface area contributed by atoms with Crippen molar-refractivity contribution in [2.75, 3.05) is 18.5 Å². The van der Waals surface area contributed by atoms with Gasteiger partial charge in [0.2, 0.25) is 0 Å². The van der Waals surface area contributed by atoms with Gasteiger partial charge in [0.15, 0.2) is 23.0 Å². The molecule has 2 aromatic carbocycles. The van der Waals surface area contributed by atoms with Gasteiger partial charge in [-0.1, -0.05) is 18.2 Å². The number of aromatic nitrogens is 4. The Hall–Kier alpha value is -3.81. The summed E-state index contributed by atoms with van der Waals surface area (Å²) in [7, 11) is 0. The van der Waals surface area contributed by atoms with Gasteiger partial charge >= 0.3 is 0 Å². The first-order valence-electron chi connectivity index (χ1n) is 8.48. The first-order chi connectivity index (χ1) is 13.3. The van der Waals surface area contributed by atoms with Gasteiger partial charge in [0.1, 0.15) is 13.2 Å². The van der Waals surface area contributed by atoms with E-state index in [2.05, 4.69) is 25.5 Å². The molecule has 1 aliphatic heterocycles. The number of hydrogen-bond acceptors (Lipinski definition) is 5. The smallest absolute Gasteiger partial charge is 0.259 e. The number of carbonyl (C=O) groups excluding carboxylic acids is 1. The molecule has 0 fully saturated rings. The van der Waals surface area contributed by atoms with Gasteiger partial charge in [-0.25, -0.2) is 4.98 Å². The lowest BCUT2D eigenvalue weighted by Crippen LogP contribution is -2.20. The zero-order valence-corrected chi connectivity index (χ0v) is 14.2. The lowest BCUT2D eigenvalue weighted by molar-refractivity contribution is 0.101. The Morgan fingerprint density at radius 2 is 1.96 bits per heavy atom. The van der Waals surface area contributed by atoms with Gasteiger partial charge in [-0.2, -0.15) is 5.10 Å². The fourth-order valence-corrected chi connectivity index (χ4v) is 3.07. The number of nitrogens with one attached hydrogen (secondary N) is 3. The highest BCUT2D eigenvalue weighted by atomic mass is 16.6. The number of rotatable bonds is 3. The maximum absolute atomic E-state index is 12.8. The minimum atomic E-state index is -0.309. The molecule has 27 heavy (non-hydrogen) atoms. The van der Waals surface area contributed by atoms with Crippen molar-refractivity contribution < 1.29 is 14.3 Å². The van der Waals surface area contributed by atoms with Gasteiger partial charge < -0.3 is 19.8 Å². The standard InChI is InChI=1S/C19H15N5O3/c25-19(11-4-3-7-15-17(11)27-9-8-26-15)23-14-10-20-24-16(14)18-21-12-5-1-2-6-13(12)22-18/h1-7,10H,8-9H2,(H,20,24)(H,21,22)(H,23,25). The Bertz CT molecular complexity index is 1110. The minimum Gasteiger partial charge on any atom is -0.486 e. The molecule has 0 saturated carbocycles. The number of imidazole rings is 1. The predicted molar refractivity (Wildman–Crippen MR) is 99.1 cm³/mol. The van der Waals surface area contributed by atoms with Gasteiger partial charge in [-0.05, 0) is 24.3 Å². The largest absolute Gasteiger partial charge is 0.486 e. The fourth-order valence-electron chi connectivity index (χ4n) is 3.07. The molecule has 4 aromatic rings. The van der Waals surface area contributed by atoms with Crippen LogP contribution in [0.5, 0.6) is 11.5 Å². The van der Waals surface area contributed by atoms with Crippen molar-refractivity contribution in [3.8, 4) is 23.0 Å². The molecular formula is C19H15N5O3. The van der Waals surface area contributed by atoms with Gasteiger partial charge in [-0.3, -0.25) is 9.89 Å². The molecule has 0 saturated heterocycles. The van der Waals surface area contributed by atoms with Crippen LogP contribution in [0.4, 0.5) is 5.69 Å². The van der Waals surface area contributed by atoms with Crippen molar-refractivity contribution in [1.82, 2.24) is 20.2 Å². The molecule has 2 aromatic heterocycles. The van der Waals surface area contributed by atoms with Crippen LogP contribution in [0.25, 0.3) is 22.6 Å². The van der Waals surface area contributed by atoms with Crippen LogP contribution in [0.15, 0.2) is 48.7 Å². The van der Waals surface area contributed by atoms with Crippen LogP contribution in [0.1, 0.15) is 10.4 Å². The third kappa shape index (κ3) is 2.67. The maximum atomic E-state index is 12.8. The highest BCUT2D eigenvalue weighted by Crippen LogP contribution is 2.34. The van der Waals surface area contributed by atoms with E-state index in [1.165, 1.54) is 0 Å². The number of anilines is 1. The van der Waals surface area contributed by atoms with E-state index >= 15 is 0 Å². The van der Waals surface area contributed by atoms with E-state index in [4.69, 9.17) is 9.47 Å². The average Bonchev–Trinajstić information content (AvgIpc) is 3.33. The number of carbonyl (C=O) groups is 1. The monoisotopic (exact) mass is 361 g/mol. The molecule has 0 unspecified atom stereocenters. The Kier molecular flexibility index (Phi) is 3.53. The van der Waals surface area contributed by atoms with Crippen LogP contribution in [-0.2, 0) is 0 Å². The van der Waals surface area contributed by atoms with Crippen LogP contribution in [0, 0.1) is 0 Å². The summed E-state index contributed by atoms with van der Waals surface area (Å²) in [5.74, 6) is 1.28. The Morgan fingerprint density at radius 3 is 2.89 bits per heavy atom. The molecule has 0 radical (unpaired) electrons. The molecule has 0 aliphatic carbocycles. The molecule has 3 heterocycles. The molecule has 0 bridgehead atoms. The lowest BCUT2D eigenvalue weighted by Gasteiger charge is -2.20. The van der Waals surface area contributed by atoms with E-state index in [9.17, 15) is 4.79 Å². The number of fused-ring (bicyclic) bond motifs is 2. The summed E-state index contributed by atoms with van der Waals surface area (Å²) < 4.78 is 11.2. The second-order valence-corrected chi connectivity index (χ2v) is 6.03. The first kappa shape index (κ1) is 15.4. The zero-order valence-electron chi connectivity index (χ0n) is 14.2. The number of aromatic amines is 2. The third-order valence-electron chi connectivity index (χ3n) is 4.31. The van der Waals surface area contributed by atoms with Crippen LogP contribution in [-0.4, -0.2) is 39.3 Å². The van der Waals surface area contributed by atoms with Crippen LogP contribution >= 0.6 is 0 Å². The van der Waals surface area contributed by atoms with E-state index in [0.717, 1.165) is 11.0 Å².